The van der Waals surface area contributed by atoms with E-state index in [9.17, 15) is 9.90 Å². The number of benzene rings is 1. The second kappa shape index (κ2) is 5.61. The monoisotopic (exact) mass is 283 g/mol. The smallest absolute Gasteiger partial charge is 0.278 e. The van der Waals surface area contributed by atoms with Crippen LogP contribution in [0.2, 0.25) is 0 Å². The molecule has 2 aromatic rings. The second-order valence-electron chi connectivity index (χ2n) is 5.22. The lowest BCUT2D eigenvalue weighted by atomic mass is 10.0. The Morgan fingerprint density at radius 1 is 1.29 bits per heavy atom. The number of rotatable bonds is 1. The molecule has 21 heavy (non-hydrogen) atoms. The van der Waals surface area contributed by atoms with Gasteiger partial charge in [0.2, 0.25) is 0 Å². The molecule has 5 heteroatoms. The Balaban J connectivity index is 1.99. The van der Waals surface area contributed by atoms with Gasteiger partial charge in [0.1, 0.15) is 5.69 Å². The zero-order valence-corrected chi connectivity index (χ0v) is 11.9. The average Bonchev–Trinajstić information content (AvgIpc) is 2.67. The quantitative estimate of drug-likeness (QED) is 0.871. The van der Waals surface area contributed by atoms with Crippen molar-refractivity contribution in [1.82, 2.24) is 9.97 Å². The fraction of sp³-hybridized carbons (Fsp3) is 0.312. The van der Waals surface area contributed by atoms with Gasteiger partial charge in [0, 0.05) is 24.0 Å². The Morgan fingerprint density at radius 2 is 2.10 bits per heavy atom. The highest BCUT2D eigenvalue weighted by Gasteiger charge is 2.26. The third-order valence-electron chi connectivity index (χ3n) is 3.69. The summed E-state index contributed by atoms with van der Waals surface area (Å²) in [7, 11) is 0. The summed E-state index contributed by atoms with van der Waals surface area (Å²) in [5.74, 6) is -0.177. The number of hydrogen-bond acceptors (Lipinski definition) is 4. The minimum atomic E-state index is -0.525. The van der Waals surface area contributed by atoms with Gasteiger partial charge in [-0.25, -0.2) is 4.98 Å². The number of para-hydroxylation sites is 1. The first kappa shape index (κ1) is 13.7. The van der Waals surface area contributed by atoms with E-state index >= 15 is 0 Å². The van der Waals surface area contributed by atoms with Gasteiger partial charge in [-0.05, 0) is 25.8 Å². The Morgan fingerprint density at radius 3 is 2.86 bits per heavy atom. The lowest BCUT2D eigenvalue weighted by Gasteiger charge is -2.22. The molecule has 5 nitrogen and oxygen atoms in total. The van der Waals surface area contributed by atoms with E-state index in [0.717, 1.165) is 23.4 Å². The number of aryl methyl sites for hydroxylation is 1. The number of hydrogen-bond donors (Lipinski definition) is 1. The Kier molecular flexibility index (Phi) is 3.66. The minimum Gasteiger partial charge on any atom is -0.388 e. The van der Waals surface area contributed by atoms with Crippen molar-refractivity contribution < 1.29 is 9.90 Å². The fourth-order valence-corrected chi connectivity index (χ4v) is 2.59. The van der Waals surface area contributed by atoms with E-state index in [1.807, 2.05) is 31.2 Å². The van der Waals surface area contributed by atoms with Gasteiger partial charge in [0.15, 0.2) is 0 Å². The van der Waals surface area contributed by atoms with Gasteiger partial charge in [0.25, 0.3) is 5.91 Å². The number of aliphatic hydroxyl groups excluding tert-OH is 1. The highest BCUT2D eigenvalue weighted by Crippen LogP contribution is 2.33. The van der Waals surface area contributed by atoms with Crippen LogP contribution in [0.3, 0.4) is 0 Å². The average molecular weight is 283 g/mol. The van der Waals surface area contributed by atoms with Gasteiger partial charge >= 0.3 is 0 Å². The molecule has 2 heterocycles. The minimum absolute atomic E-state index is 0.177. The first-order valence-corrected chi connectivity index (χ1v) is 7.04. The maximum atomic E-state index is 12.7. The highest BCUT2D eigenvalue weighted by atomic mass is 16.3. The van der Waals surface area contributed by atoms with Crippen molar-refractivity contribution >= 4 is 11.6 Å². The van der Waals surface area contributed by atoms with Crippen molar-refractivity contribution in [3.05, 3.63) is 53.6 Å². The van der Waals surface area contributed by atoms with E-state index in [2.05, 4.69) is 9.97 Å². The van der Waals surface area contributed by atoms with Gasteiger partial charge in [-0.2, -0.15) is 0 Å². The van der Waals surface area contributed by atoms with Crippen LogP contribution in [0.25, 0.3) is 0 Å². The number of nitrogens with zero attached hydrogens (tertiary/aromatic N) is 3. The normalized spacial score (nSPS) is 18.0. The van der Waals surface area contributed by atoms with Crippen LogP contribution in [0, 0.1) is 6.92 Å². The predicted octanol–water partition coefficient (Wildman–Crippen LogP) is 2.26. The van der Waals surface area contributed by atoms with Crippen molar-refractivity contribution in [2.24, 2.45) is 0 Å². The molecule has 1 aliphatic rings. The maximum absolute atomic E-state index is 12.7. The SMILES string of the molecule is Cc1cnc(C(=O)N2CCCC(O)c3ccccc32)cn1. The number of anilines is 1. The van der Waals surface area contributed by atoms with Crippen molar-refractivity contribution in [2.75, 3.05) is 11.4 Å². The van der Waals surface area contributed by atoms with Crippen LogP contribution < -0.4 is 4.90 Å². The van der Waals surface area contributed by atoms with Crippen molar-refractivity contribution in [3.8, 4) is 0 Å². The van der Waals surface area contributed by atoms with Gasteiger partial charge < -0.3 is 10.0 Å². The molecule has 1 amide bonds. The molecule has 1 aromatic heterocycles. The molecule has 0 aliphatic carbocycles. The lowest BCUT2D eigenvalue weighted by molar-refractivity contribution is 0.0981. The zero-order valence-electron chi connectivity index (χ0n) is 11.9. The van der Waals surface area contributed by atoms with Crippen LogP contribution in [0.4, 0.5) is 5.69 Å². The molecule has 0 spiro atoms. The molecular weight excluding hydrogens is 266 g/mol. The van der Waals surface area contributed by atoms with E-state index in [1.54, 1.807) is 11.1 Å². The van der Waals surface area contributed by atoms with Crippen molar-refractivity contribution in [2.45, 2.75) is 25.9 Å². The third kappa shape index (κ3) is 2.64. The number of aromatic nitrogens is 2. The molecule has 0 bridgehead atoms. The van der Waals surface area contributed by atoms with E-state index in [1.165, 1.54) is 6.20 Å². The largest absolute Gasteiger partial charge is 0.388 e. The summed E-state index contributed by atoms with van der Waals surface area (Å²) in [6.07, 6.45) is 3.97. The fourth-order valence-electron chi connectivity index (χ4n) is 2.59. The Bertz CT molecular complexity index is 655. The summed E-state index contributed by atoms with van der Waals surface area (Å²) in [4.78, 5) is 22.7. The van der Waals surface area contributed by atoms with Crippen LogP contribution in [-0.2, 0) is 0 Å². The van der Waals surface area contributed by atoms with E-state index in [0.29, 0.717) is 18.7 Å². The van der Waals surface area contributed by atoms with Crippen LogP contribution >= 0.6 is 0 Å². The van der Waals surface area contributed by atoms with Crippen molar-refractivity contribution in [1.29, 1.82) is 0 Å². The predicted molar refractivity (Wildman–Crippen MR) is 79.1 cm³/mol. The van der Waals surface area contributed by atoms with Gasteiger partial charge in [-0.1, -0.05) is 18.2 Å². The lowest BCUT2D eigenvalue weighted by Crippen LogP contribution is -2.32. The van der Waals surface area contributed by atoms with E-state index in [-0.39, 0.29) is 5.91 Å². The van der Waals surface area contributed by atoms with Crippen LogP contribution in [-0.4, -0.2) is 27.5 Å². The molecule has 0 saturated carbocycles. The molecule has 0 fully saturated rings. The summed E-state index contributed by atoms with van der Waals surface area (Å²) in [6, 6.07) is 7.48. The summed E-state index contributed by atoms with van der Waals surface area (Å²) >= 11 is 0. The van der Waals surface area contributed by atoms with Crippen LogP contribution in [0.15, 0.2) is 36.7 Å². The molecular formula is C16H17N3O2. The number of fused-ring (bicyclic) bond motifs is 1. The van der Waals surface area contributed by atoms with E-state index in [4.69, 9.17) is 0 Å². The maximum Gasteiger partial charge on any atom is 0.278 e. The molecule has 1 N–H and O–H groups in total. The first-order chi connectivity index (χ1) is 10.2. The molecule has 1 aliphatic heterocycles. The highest BCUT2D eigenvalue weighted by molar-refractivity contribution is 6.05. The first-order valence-electron chi connectivity index (χ1n) is 7.04. The summed E-state index contributed by atoms with van der Waals surface area (Å²) in [5.41, 5.74) is 2.66. The van der Waals surface area contributed by atoms with Crippen molar-refractivity contribution in [3.63, 3.8) is 0 Å². The number of aliphatic hydroxyl groups is 1. The van der Waals surface area contributed by atoms with Gasteiger partial charge in [-0.3, -0.25) is 9.78 Å². The summed E-state index contributed by atoms with van der Waals surface area (Å²) in [5, 5.41) is 10.2. The second-order valence-corrected chi connectivity index (χ2v) is 5.22. The molecule has 1 unspecified atom stereocenters. The van der Waals surface area contributed by atoms with Crippen LogP contribution in [0.1, 0.15) is 40.7 Å². The molecule has 0 radical (unpaired) electrons. The summed E-state index contributed by atoms with van der Waals surface area (Å²) in [6.45, 7) is 2.40. The number of carbonyl (C=O) groups is 1. The van der Waals surface area contributed by atoms with Gasteiger partial charge in [0.05, 0.1) is 18.0 Å². The zero-order chi connectivity index (χ0) is 14.8. The number of carbonyl (C=O) groups excluding carboxylic acids is 1. The topological polar surface area (TPSA) is 66.3 Å². The molecule has 1 aromatic carbocycles. The molecule has 1 atom stereocenters. The third-order valence-corrected chi connectivity index (χ3v) is 3.69. The number of amides is 1. The molecule has 0 saturated heterocycles. The standard InChI is InChI=1S/C16H17N3O2/c1-11-9-18-13(10-17-11)16(21)19-8-4-7-15(20)12-5-2-3-6-14(12)19/h2-3,5-6,9-10,15,20H,4,7-8H2,1H3. The van der Waals surface area contributed by atoms with Crippen LogP contribution in [0.5, 0.6) is 0 Å². The summed E-state index contributed by atoms with van der Waals surface area (Å²) < 4.78 is 0. The van der Waals surface area contributed by atoms with Gasteiger partial charge in [-0.15, -0.1) is 0 Å². The Labute approximate surface area is 123 Å². The van der Waals surface area contributed by atoms with E-state index < -0.39 is 6.10 Å². The Hall–Kier alpha value is -2.27. The molecule has 108 valence electrons. The molecule has 3 rings (SSSR count).